The van der Waals surface area contributed by atoms with Gasteiger partial charge in [-0.25, -0.2) is 0 Å². The first-order valence-corrected chi connectivity index (χ1v) is 7.68. The van der Waals surface area contributed by atoms with Crippen molar-refractivity contribution in [2.24, 2.45) is 0 Å². The monoisotopic (exact) mass is 288 g/mol. The van der Waals surface area contributed by atoms with E-state index < -0.39 is 0 Å². The van der Waals surface area contributed by atoms with Crippen molar-refractivity contribution in [3.05, 3.63) is 29.8 Å². The molecule has 0 bridgehead atoms. The fraction of sp³-hybridized carbons (Fsp3) is 0.529. The van der Waals surface area contributed by atoms with Gasteiger partial charge in [0.1, 0.15) is 0 Å². The molecular weight excluding hydrogens is 264 g/mol. The van der Waals surface area contributed by atoms with Crippen LogP contribution in [-0.2, 0) is 4.79 Å². The summed E-state index contributed by atoms with van der Waals surface area (Å²) in [5.41, 5.74) is 1.17. The van der Waals surface area contributed by atoms with Gasteiger partial charge in [-0.15, -0.1) is 0 Å². The Bertz CT molecular complexity index is 507. The summed E-state index contributed by atoms with van der Waals surface area (Å²) >= 11 is 0. The van der Waals surface area contributed by atoms with Gasteiger partial charge in [0.2, 0.25) is 5.91 Å². The third-order valence-corrected chi connectivity index (χ3v) is 4.17. The molecule has 1 aliphatic carbocycles. The minimum absolute atomic E-state index is 0.0356. The molecule has 4 nitrogen and oxygen atoms in total. The average Bonchev–Trinajstić information content (AvgIpc) is 2.48. The average molecular weight is 288 g/mol. The summed E-state index contributed by atoms with van der Waals surface area (Å²) in [6.45, 7) is 1.88. The first-order valence-electron chi connectivity index (χ1n) is 7.68. The molecular formula is C17H24N2O2. The molecule has 0 saturated heterocycles. The Morgan fingerprint density at radius 3 is 2.52 bits per heavy atom. The smallest absolute Gasteiger partial charge is 0.238 e. The Hall–Kier alpha value is -1.68. The molecule has 21 heavy (non-hydrogen) atoms. The minimum Gasteiger partial charge on any atom is -0.324 e. The molecule has 1 saturated carbocycles. The number of Topliss-reactive ketones (excluding diaryl/α,β-unsaturated/α-hetero) is 1. The number of benzene rings is 1. The summed E-state index contributed by atoms with van der Waals surface area (Å²) in [5, 5.41) is 2.86. The molecule has 0 atom stereocenters. The highest BCUT2D eigenvalue weighted by molar-refractivity contribution is 6.04. The van der Waals surface area contributed by atoms with Gasteiger partial charge in [-0.2, -0.15) is 0 Å². The molecule has 1 amide bonds. The van der Waals surface area contributed by atoms with Crippen molar-refractivity contribution in [1.29, 1.82) is 0 Å². The molecule has 0 radical (unpaired) electrons. The minimum atomic E-state index is -0.0585. The number of amides is 1. The van der Waals surface area contributed by atoms with E-state index in [4.69, 9.17) is 0 Å². The predicted octanol–water partition coefficient (Wildman–Crippen LogP) is 3.09. The molecule has 0 aliphatic heterocycles. The number of nitrogens with zero attached hydrogens (tertiary/aromatic N) is 1. The van der Waals surface area contributed by atoms with E-state index in [-0.39, 0.29) is 11.7 Å². The Labute approximate surface area is 126 Å². The first kappa shape index (κ1) is 15.7. The van der Waals surface area contributed by atoms with Crippen LogP contribution in [0.5, 0.6) is 0 Å². The van der Waals surface area contributed by atoms with Gasteiger partial charge in [0.25, 0.3) is 0 Å². The summed E-state index contributed by atoms with van der Waals surface area (Å²) in [6.07, 6.45) is 6.16. The number of rotatable bonds is 5. The van der Waals surface area contributed by atoms with Crippen molar-refractivity contribution in [3.63, 3.8) is 0 Å². The van der Waals surface area contributed by atoms with Gasteiger partial charge in [-0.1, -0.05) is 31.4 Å². The van der Waals surface area contributed by atoms with Crippen LogP contribution in [0.25, 0.3) is 0 Å². The molecule has 0 aromatic heterocycles. The van der Waals surface area contributed by atoms with E-state index in [9.17, 15) is 9.59 Å². The van der Waals surface area contributed by atoms with Crippen molar-refractivity contribution in [2.45, 2.75) is 45.1 Å². The van der Waals surface area contributed by atoms with E-state index in [0.717, 1.165) is 0 Å². The lowest BCUT2D eigenvalue weighted by molar-refractivity contribution is -0.117. The lowest BCUT2D eigenvalue weighted by atomic mass is 9.94. The largest absolute Gasteiger partial charge is 0.324 e. The van der Waals surface area contributed by atoms with Crippen molar-refractivity contribution in [3.8, 4) is 0 Å². The fourth-order valence-corrected chi connectivity index (χ4v) is 2.97. The molecule has 1 aromatic carbocycles. The number of anilines is 1. The van der Waals surface area contributed by atoms with Crippen LogP contribution in [0.4, 0.5) is 5.69 Å². The topological polar surface area (TPSA) is 49.4 Å². The quantitative estimate of drug-likeness (QED) is 0.847. The summed E-state index contributed by atoms with van der Waals surface area (Å²) < 4.78 is 0. The predicted molar refractivity (Wildman–Crippen MR) is 84.6 cm³/mol. The zero-order valence-corrected chi connectivity index (χ0v) is 12.9. The number of nitrogens with one attached hydrogen (secondary N) is 1. The molecule has 1 fully saturated rings. The lowest BCUT2D eigenvalue weighted by Gasteiger charge is -2.30. The Kier molecular flexibility index (Phi) is 5.51. The van der Waals surface area contributed by atoms with E-state index in [2.05, 4.69) is 10.2 Å². The van der Waals surface area contributed by atoms with E-state index in [1.807, 2.05) is 13.1 Å². The van der Waals surface area contributed by atoms with Gasteiger partial charge >= 0.3 is 0 Å². The van der Waals surface area contributed by atoms with E-state index in [1.54, 1.807) is 18.2 Å². The van der Waals surface area contributed by atoms with Crippen LogP contribution in [0.15, 0.2) is 24.3 Å². The molecule has 4 heteroatoms. The van der Waals surface area contributed by atoms with Crippen molar-refractivity contribution in [2.75, 3.05) is 18.9 Å². The molecule has 2 rings (SSSR count). The Morgan fingerprint density at radius 2 is 1.86 bits per heavy atom. The van der Waals surface area contributed by atoms with Crippen molar-refractivity contribution >= 4 is 17.4 Å². The summed E-state index contributed by atoms with van der Waals surface area (Å²) in [7, 11) is 2.01. The van der Waals surface area contributed by atoms with Crippen molar-refractivity contribution in [1.82, 2.24) is 4.90 Å². The van der Waals surface area contributed by atoms with E-state index in [0.29, 0.717) is 23.8 Å². The molecule has 0 unspecified atom stereocenters. The lowest BCUT2D eigenvalue weighted by Crippen LogP contribution is -2.39. The van der Waals surface area contributed by atoms with Gasteiger partial charge in [-0.05, 0) is 38.9 Å². The normalized spacial score (nSPS) is 16.0. The third kappa shape index (κ3) is 4.39. The van der Waals surface area contributed by atoms with Gasteiger partial charge < -0.3 is 5.32 Å². The second-order valence-corrected chi connectivity index (χ2v) is 5.86. The number of para-hydroxylation sites is 1. The molecule has 1 N–H and O–H groups in total. The maximum atomic E-state index is 12.2. The standard InChI is InChI=1S/C17H24N2O2/c1-13(20)15-10-6-7-11-16(15)18-17(21)12-19(2)14-8-4-3-5-9-14/h6-7,10-11,14H,3-5,8-9,12H2,1-2H3,(H,18,21). The van der Waals surface area contributed by atoms with Crippen LogP contribution in [0.2, 0.25) is 0 Å². The highest BCUT2D eigenvalue weighted by Crippen LogP contribution is 2.21. The SMILES string of the molecule is CC(=O)c1ccccc1NC(=O)CN(C)C1CCCCC1. The maximum absolute atomic E-state index is 12.2. The number of hydrogen-bond donors (Lipinski definition) is 1. The highest BCUT2D eigenvalue weighted by atomic mass is 16.2. The second kappa shape index (κ2) is 7.36. The Balaban J connectivity index is 1.94. The van der Waals surface area contributed by atoms with Crippen molar-refractivity contribution < 1.29 is 9.59 Å². The first-order chi connectivity index (χ1) is 10.1. The van der Waals surface area contributed by atoms with Crippen LogP contribution in [0.3, 0.4) is 0 Å². The van der Waals surface area contributed by atoms with E-state index >= 15 is 0 Å². The van der Waals surface area contributed by atoms with Crippen LogP contribution >= 0.6 is 0 Å². The van der Waals surface area contributed by atoms with Gasteiger partial charge in [0.15, 0.2) is 5.78 Å². The number of ketones is 1. The summed E-state index contributed by atoms with van der Waals surface area (Å²) in [4.78, 5) is 25.9. The zero-order valence-electron chi connectivity index (χ0n) is 12.9. The molecule has 1 aromatic rings. The number of carbonyl (C=O) groups excluding carboxylic acids is 2. The third-order valence-electron chi connectivity index (χ3n) is 4.17. The summed E-state index contributed by atoms with van der Waals surface area (Å²) in [5.74, 6) is -0.0942. The summed E-state index contributed by atoms with van der Waals surface area (Å²) in [6, 6.07) is 7.65. The van der Waals surface area contributed by atoms with Gasteiger partial charge in [-0.3, -0.25) is 14.5 Å². The number of carbonyl (C=O) groups is 2. The zero-order chi connectivity index (χ0) is 15.2. The highest BCUT2D eigenvalue weighted by Gasteiger charge is 2.20. The van der Waals surface area contributed by atoms with Crippen LogP contribution in [0, 0.1) is 0 Å². The van der Waals surface area contributed by atoms with Gasteiger partial charge in [0, 0.05) is 11.6 Å². The molecule has 0 heterocycles. The molecule has 114 valence electrons. The Morgan fingerprint density at radius 1 is 1.19 bits per heavy atom. The van der Waals surface area contributed by atoms with E-state index in [1.165, 1.54) is 39.0 Å². The number of hydrogen-bond acceptors (Lipinski definition) is 3. The van der Waals surface area contributed by atoms with Gasteiger partial charge in [0.05, 0.1) is 12.2 Å². The maximum Gasteiger partial charge on any atom is 0.238 e. The fourth-order valence-electron chi connectivity index (χ4n) is 2.97. The molecule has 1 aliphatic rings. The van der Waals surface area contributed by atoms with Crippen LogP contribution in [-0.4, -0.2) is 36.2 Å². The number of likely N-dealkylation sites (N-methyl/N-ethyl adjacent to an activating group) is 1. The second-order valence-electron chi connectivity index (χ2n) is 5.86. The van der Waals surface area contributed by atoms with Crippen LogP contribution in [0.1, 0.15) is 49.4 Å². The molecule has 0 spiro atoms. The van der Waals surface area contributed by atoms with Crippen LogP contribution < -0.4 is 5.32 Å².